The van der Waals surface area contributed by atoms with Crippen molar-refractivity contribution >= 4 is 5.96 Å². The monoisotopic (exact) mass is 192 g/mol. The lowest BCUT2D eigenvalue weighted by Gasteiger charge is -2.09. The Bertz CT molecular complexity index is 320. The number of hydrogen-bond acceptors (Lipinski definition) is 2. The van der Waals surface area contributed by atoms with Crippen molar-refractivity contribution in [2.24, 2.45) is 4.99 Å². The second-order valence-electron chi connectivity index (χ2n) is 2.98. The number of aliphatic imine (C=N–C) groups is 1. The number of rotatable bonds is 2. The van der Waals surface area contributed by atoms with Gasteiger partial charge in [0.15, 0.2) is 5.96 Å². The molecule has 0 saturated heterocycles. The number of aryl methyl sites for hydroxylation is 1. The molecule has 0 unspecified atom stereocenters. The standard InChI is InChI=1S/C10H16N4/c1-8-4-5-13-6-9(8)7-14-10(11-2)12-3/h4-6H,7H2,1-3H3,(H2,11,12,14). The van der Waals surface area contributed by atoms with Crippen molar-refractivity contribution in [3.05, 3.63) is 29.6 Å². The average molecular weight is 192 g/mol. The maximum absolute atomic E-state index is 4.07. The third-order valence-corrected chi connectivity index (χ3v) is 2.05. The number of aromatic nitrogens is 1. The lowest BCUT2D eigenvalue weighted by Crippen LogP contribution is -2.34. The molecule has 0 atom stereocenters. The molecule has 0 bridgehead atoms. The summed E-state index contributed by atoms with van der Waals surface area (Å²) in [6.45, 7) is 2.81. The zero-order valence-corrected chi connectivity index (χ0v) is 8.83. The van der Waals surface area contributed by atoms with Crippen LogP contribution in [0.1, 0.15) is 11.1 Å². The topological polar surface area (TPSA) is 49.3 Å². The van der Waals surface area contributed by atoms with E-state index in [0.29, 0.717) is 0 Å². The van der Waals surface area contributed by atoms with E-state index in [0.717, 1.165) is 12.5 Å². The van der Waals surface area contributed by atoms with E-state index in [2.05, 4.69) is 27.5 Å². The molecule has 0 fully saturated rings. The van der Waals surface area contributed by atoms with E-state index in [-0.39, 0.29) is 0 Å². The molecule has 1 aromatic heterocycles. The fraction of sp³-hybridized carbons (Fsp3) is 0.400. The molecule has 4 nitrogen and oxygen atoms in total. The predicted octanol–water partition coefficient (Wildman–Crippen LogP) is 0.685. The Labute approximate surface area is 84.5 Å². The highest BCUT2D eigenvalue weighted by atomic mass is 15.1. The van der Waals surface area contributed by atoms with Gasteiger partial charge in [0.2, 0.25) is 0 Å². The van der Waals surface area contributed by atoms with Gasteiger partial charge in [0.05, 0.1) is 0 Å². The van der Waals surface area contributed by atoms with Crippen LogP contribution in [0.2, 0.25) is 0 Å². The van der Waals surface area contributed by atoms with E-state index in [4.69, 9.17) is 0 Å². The third-order valence-electron chi connectivity index (χ3n) is 2.05. The van der Waals surface area contributed by atoms with Gasteiger partial charge in [-0.2, -0.15) is 0 Å². The van der Waals surface area contributed by atoms with Crippen molar-refractivity contribution in [3.8, 4) is 0 Å². The highest BCUT2D eigenvalue weighted by Gasteiger charge is 1.98. The van der Waals surface area contributed by atoms with Crippen LogP contribution in [0.5, 0.6) is 0 Å². The van der Waals surface area contributed by atoms with E-state index in [9.17, 15) is 0 Å². The fourth-order valence-corrected chi connectivity index (χ4v) is 1.14. The Hall–Kier alpha value is -1.58. The minimum Gasteiger partial charge on any atom is -0.359 e. The van der Waals surface area contributed by atoms with Crippen LogP contribution in [0.25, 0.3) is 0 Å². The Morgan fingerprint density at radius 3 is 2.93 bits per heavy atom. The van der Waals surface area contributed by atoms with E-state index in [1.807, 2.05) is 19.3 Å². The summed E-state index contributed by atoms with van der Waals surface area (Å²) in [6.07, 6.45) is 3.66. The summed E-state index contributed by atoms with van der Waals surface area (Å²) in [4.78, 5) is 8.10. The molecule has 0 amide bonds. The first kappa shape index (κ1) is 10.5. The van der Waals surface area contributed by atoms with Crippen molar-refractivity contribution in [2.75, 3.05) is 14.1 Å². The molecule has 0 aliphatic rings. The lowest BCUT2D eigenvalue weighted by atomic mass is 10.2. The third kappa shape index (κ3) is 2.73. The van der Waals surface area contributed by atoms with Gasteiger partial charge in [-0.3, -0.25) is 9.98 Å². The second-order valence-corrected chi connectivity index (χ2v) is 2.98. The summed E-state index contributed by atoms with van der Waals surface area (Å²) in [7, 11) is 3.58. The van der Waals surface area contributed by atoms with Gasteiger partial charge < -0.3 is 10.6 Å². The SMILES string of the molecule is CN=C(NC)NCc1cnccc1C. The Kier molecular flexibility index (Phi) is 3.91. The maximum Gasteiger partial charge on any atom is 0.190 e. The van der Waals surface area contributed by atoms with Gasteiger partial charge in [-0.1, -0.05) is 0 Å². The van der Waals surface area contributed by atoms with E-state index in [1.165, 1.54) is 11.1 Å². The molecule has 0 saturated carbocycles. The average Bonchev–Trinajstić information content (AvgIpc) is 2.22. The van der Waals surface area contributed by atoms with Crippen molar-refractivity contribution in [2.45, 2.75) is 13.5 Å². The molecule has 1 rings (SSSR count). The summed E-state index contributed by atoms with van der Waals surface area (Å²) in [5, 5.41) is 6.14. The molecule has 1 aromatic rings. The second kappa shape index (κ2) is 5.21. The molecule has 0 spiro atoms. The minimum atomic E-state index is 0.743. The molecule has 4 heteroatoms. The normalized spacial score (nSPS) is 11.2. The summed E-state index contributed by atoms with van der Waals surface area (Å²) in [5.41, 5.74) is 2.42. The van der Waals surface area contributed by atoms with E-state index >= 15 is 0 Å². The first-order valence-electron chi connectivity index (χ1n) is 4.56. The Morgan fingerprint density at radius 1 is 1.57 bits per heavy atom. The lowest BCUT2D eigenvalue weighted by molar-refractivity contribution is 0.854. The van der Waals surface area contributed by atoms with Crippen LogP contribution in [0.3, 0.4) is 0 Å². The van der Waals surface area contributed by atoms with Gasteiger partial charge in [0.25, 0.3) is 0 Å². The predicted molar refractivity (Wildman–Crippen MR) is 58.2 cm³/mol. The number of nitrogens with one attached hydrogen (secondary N) is 2. The number of pyridine rings is 1. The first-order chi connectivity index (χ1) is 6.77. The summed E-state index contributed by atoms with van der Waals surface area (Å²) in [5.74, 6) is 0.785. The molecule has 2 N–H and O–H groups in total. The van der Waals surface area contributed by atoms with Gasteiger partial charge in [-0.05, 0) is 24.1 Å². The smallest absolute Gasteiger partial charge is 0.190 e. The zero-order chi connectivity index (χ0) is 10.4. The molecule has 0 radical (unpaired) electrons. The zero-order valence-electron chi connectivity index (χ0n) is 8.83. The van der Waals surface area contributed by atoms with Crippen LogP contribution >= 0.6 is 0 Å². The van der Waals surface area contributed by atoms with Crippen molar-refractivity contribution in [1.29, 1.82) is 0 Å². The van der Waals surface area contributed by atoms with Crippen LogP contribution in [-0.4, -0.2) is 25.0 Å². The van der Waals surface area contributed by atoms with Crippen molar-refractivity contribution in [3.63, 3.8) is 0 Å². The van der Waals surface area contributed by atoms with Gasteiger partial charge >= 0.3 is 0 Å². The first-order valence-corrected chi connectivity index (χ1v) is 4.56. The maximum atomic E-state index is 4.07. The van der Waals surface area contributed by atoms with Crippen LogP contribution in [0.15, 0.2) is 23.5 Å². The minimum absolute atomic E-state index is 0.743. The molecule has 76 valence electrons. The van der Waals surface area contributed by atoms with Gasteiger partial charge in [0.1, 0.15) is 0 Å². The summed E-state index contributed by atoms with van der Waals surface area (Å²) in [6, 6.07) is 2.00. The van der Waals surface area contributed by atoms with E-state index < -0.39 is 0 Å². The quantitative estimate of drug-likeness (QED) is 0.535. The number of guanidine groups is 1. The van der Waals surface area contributed by atoms with Crippen LogP contribution < -0.4 is 10.6 Å². The van der Waals surface area contributed by atoms with Crippen LogP contribution in [0.4, 0.5) is 0 Å². The highest BCUT2D eigenvalue weighted by Crippen LogP contribution is 2.03. The molecule has 1 heterocycles. The Morgan fingerprint density at radius 2 is 2.36 bits per heavy atom. The van der Waals surface area contributed by atoms with E-state index in [1.54, 1.807) is 13.2 Å². The number of hydrogen-bond donors (Lipinski definition) is 2. The van der Waals surface area contributed by atoms with Crippen LogP contribution in [-0.2, 0) is 6.54 Å². The van der Waals surface area contributed by atoms with Crippen molar-refractivity contribution in [1.82, 2.24) is 15.6 Å². The summed E-state index contributed by atoms with van der Waals surface area (Å²) >= 11 is 0. The fourth-order valence-electron chi connectivity index (χ4n) is 1.14. The molecular formula is C10H16N4. The number of nitrogens with zero attached hydrogens (tertiary/aromatic N) is 2. The molecular weight excluding hydrogens is 176 g/mol. The van der Waals surface area contributed by atoms with Gasteiger partial charge in [-0.25, -0.2) is 0 Å². The molecule has 0 aliphatic heterocycles. The van der Waals surface area contributed by atoms with Crippen molar-refractivity contribution < 1.29 is 0 Å². The molecule has 0 aliphatic carbocycles. The Balaban J connectivity index is 2.58. The van der Waals surface area contributed by atoms with Crippen LogP contribution in [0, 0.1) is 6.92 Å². The van der Waals surface area contributed by atoms with Gasteiger partial charge in [0, 0.05) is 33.0 Å². The largest absolute Gasteiger partial charge is 0.359 e. The summed E-state index contributed by atoms with van der Waals surface area (Å²) < 4.78 is 0. The highest BCUT2D eigenvalue weighted by molar-refractivity contribution is 5.79. The molecule has 0 aromatic carbocycles. The van der Waals surface area contributed by atoms with Gasteiger partial charge in [-0.15, -0.1) is 0 Å². The molecule has 14 heavy (non-hydrogen) atoms.